The van der Waals surface area contributed by atoms with Gasteiger partial charge in [0.2, 0.25) is 9.05 Å². The SMILES string of the molecule is CCCS(=O)(=O)Cl.CCCS(=O)(=O)OCC.CCO. The van der Waals surface area contributed by atoms with Crippen LogP contribution in [-0.2, 0) is 23.4 Å². The van der Waals surface area contributed by atoms with Crippen molar-refractivity contribution in [2.45, 2.75) is 40.5 Å². The molecule has 0 rings (SSSR count). The first-order valence-corrected chi connectivity index (χ1v) is 10.1. The van der Waals surface area contributed by atoms with Gasteiger partial charge in [-0.3, -0.25) is 4.18 Å². The van der Waals surface area contributed by atoms with E-state index in [0.717, 1.165) is 0 Å². The molecule has 0 aromatic carbocycles. The molecule has 0 saturated heterocycles. The quantitative estimate of drug-likeness (QED) is 0.584. The lowest BCUT2D eigenvalue weighted by Gasteiger charge is -1.98. The molecule has 9 heteroatoms. The fourth-order valence-corrected chi connectivity index (χ4v) is 2.66. The number of aliphatic hydroxyl groups is 1. The van der Waals surface area contributed by atoms with E-state index in [9.17, 15) is 16.8 Å². The first kappa shape index (κ1) is 24.1. The van der Waals surface area contributed by atoms with Crippen LogP contribution in [0.25, 0.3) is 0 Å². The summed E-state index contributed by atoms with van der Waals surface area (Å²) in [4.78, 5) is 0. The van der Waals surface area contributed by atoms with Crippen LogP contribution in [-0.4, -0.2) is 46.7 Å². The highest BCUT2D eigenvalue weighted by Gasteiger charge is 2.06. The van der Waals surface area contributed by atoms with Gasteiger partial charge in [0.1, 0.15) is 0 Å². The van der Waals surface area contributed by atoms with Crippen molar-refractivity contribution in [1.82, 2.24) is 0 Å². The lowest BCUT2D eigenvalue weighted by Crippen LogP contribution is -2.09. The Kier molecular flexibility index (Phi) is 18.5. The Morgan fingerprint density at radius 3 is 1.47 bits per heavy atom. The van der Waals surface area contributed by atoms with Gasteiger partial charge in [-0.25, -0.2) is 8.42 Å². The van der Waals surface area contributed by atoms with E-state index < -0.39 is 19.2 Å². The standard InChI is InChI=1S/C5H12O3S.C3H7ClO2S.C2H6O/c1-3-5-9(6,7)8-4-2;1-2-3-7(4,5)6;1-2-3/h3-5H2,1-2H3;2-3H2,1H3;3H,2H2,1H3. The van der Waals surface area contributed by atoms with Gasteiger partial charge in [0.05, 0.1) is 18.1 Å². The molecule has 0 radical (unpaired) electrons. The molecular formula is C10H25ClO6S2. The zero-order chi connectivity index (χ0) is 15.9. The summed E-state index contributed by atoms with van der Waals surface area (Å²) in [5.41, 5.74) is 0. The van der Waals surface area contributed by atoms with Crippen molar-refractivity contribution in [3.8, 4) is 0 Å². The monoisotopic (exact) mass is 340 g/mol. The first-order valence-electron chi connectivity index (χ1n) is 6.00. The van der Waals surface area contributed by atoms with Crippen molar-refractivity contribution in [2.75, 3.05) is 24.7 Å². The zero-order valence-electron chi connectivity index (χ0n) is 11.9. The van der Waals surface area contributed by atoms with Crippen LogP contribution < -0.4 is 0 Å². The van der Waals surface area contributed by atoms with Gasteiger partial charge in [0, 0.05) is 17.3 Å². The van der Waals surface area contributed by atoms with E-state index in [-0.39, 0.29) is 24.7 Å². The normalized spacial score (nSPS) is 10.8. The Morgan fingerprint density at radius 2 is 1.32 bits per heavy atom. The molecule has 0 aliphatic carbocycles. The second kappa shape index (κ2) is 14.5. The fourth-order valence-electron chi connectivity index (χ4n) is 0.732. The molecule has 0 aliphatic rings. The van der Waals surface area contributed by atoms with E-state index in [4.69, 9.17) is 15.8 Å². The van der Waals surface area contributed by atoms with E-state index in [0.29, 0.717) is 12.8 Å². The number of hydrogen-bond donors (Lipinski definition) is 1. The van der Waals surface area contributed by atoms with Crippen molar-refractivity contribution in [1.29, 1.82) is 0 Å². The Hall–Kier alpha value is 0.110. The summed E-state index contributed by atoms with van der Waals surface area (Å²) in [5.74, 6) is 0.204. The van der Waals surface area contributed by atoms with Crippen LogP contribution in [0.1, 0.15) is 40.5 Å². The van der Waals surface area contributed by atoms with Crippen LogP contribution in [0.2, 0.25) is 0 Å². The van der Waals surface area contributed by atoms with Crippen LogP contribution in [0.3, 0.4) is 0 Å². The highest BCUT2D eigenvalue weighted by Crippen LogP contribution is 1.96. The van der Waals surface area contributed by atoms with Gasteiger partial charge in [-0.15, -0.1) is 0 Å². The van der Waals surface area contributed by atoms with Crippen LogP contribution in [0.15, 0.2) is 0 Å². The van der Waals surface area contributed by atoms with Gasteiger partial charge >= 0.3 is 0 Å². The van der Waals surface area contributed by atoms with E-state index in [1.165, 1.54) is 0 Å². The molecule has 0 saturated carbocycles. The Bertz CT molecular complexity index is 351. The van der Waals surface area contributed by atoms with Crippen LogP contribution in [0.5, 0.6) is 0 Å². The number of rotatable bonds is 6. The largest absolute Gasteiger partial charge is 0.397 e. The second-order valence-electron chi connectivity index (χ2n) is 3.23. The predicted octanol–water partition coefficient (Wildman–Crippen LogP) is 1.73. The Labute approximate surface area is 121 Å². The minimum Gasteiger partial charge on any atom is -0.397 e. The predicted molar refractivity (Wildman–Crippen MR) is 78.4 cm³/mol. The van der Waals surface area contributed by atoms with E-state index in [2.05, 4.69) is 4.18 Å². The van der Waals surface area contributed by atoms with Crippen molar-refractivity contribution >= 4 is 29.9 Å². The van der Waals surface area contributed by atoms with Gasteiger partial charge in [-0.2, -0.15) is 8.42 Å². The van der Waals surface area contributed by atoms with Gasteiger partial charge in [0.15, 0.2) is 0 Å². The summed E-state index contributed by atoms with van der Waals surface area (Å²) in [5, 5.41) is 7.57. The smallest absolute Gasteiger partial charge is 0.267 e. The van der Waals surface area contributed by atoms with Crippen molar-refractivity contribution < 1.29 is 26.1 Å². The zero-order valence-corrected chi connectivity index (χ0v) is 14.3. The Balaban J connectivity index is -0.000000228. The molecular weight excluding hydrogens is 316 g/mol. The van der Waals surface area contributed by atoms with Gasteiger partial charge in [-0.05, 0) is 26.7 Å². The molecule has 0 aliphatic heterocycles. The lowest BCUT2D eigenvalue weighted by molar-refractivity contribution is 0.318. The van der Waals surface area contributed by atoms with Gasteiger partial charge < -0.3 is 5.11 Å². The highest BCUT2D eigenvalue weighted by molar-refractivity contribution is 8.13. The van der Waals surface area contributed by atoms with Crippen LogP contribution in [0.4, 0.5) is 0 Å². The maximum Gasteiger partial charge on any atom is 0.267 e. The number of halogens is 1. The number of hydrogen-bond acceptors (Lipinski definition) is 6. The van der Waals surface area contributed by atoms with Crippen LogP contribution >= 0.6 is 10.7 Å². The number of aliphatic hydroxyl groups excluding tert-OH is 1. The molecule has 0 unspecified atom stereocenters. The minimum atomic E-state index is -3.20. The molecule has 0 aromatic heterocycles. The summed E-state index contributed by atoms with van der Waals surface area (Å²) in [6.45, 7) is 7.39. The molecule has 6 nitrogen and oxygen atoms in total. The van der Waals surface area contributed by atoms with Crippen LogP contribution in [0, 0.1) is 0 Å². The average molecular weight is 341 g/mol. The third-order valence-corrected chi connectivity index (χ3v) is 4.06. The van der Waals surface area contributed by atoms with Crippen molar-refractivity contribution in [3.05, 3.63) is 0 Å². The average Bonchev–Trinajstić information content (AvgIpc) is 2.17. The molecule has 19 heavy (non-hydrogen) atoms. The molecule has 1 N–H and O–H groups in total. The lowest BCUT2D eigenvalue weighted by atomic mass is 10.6. The third-order valence-electron chi connectivity index (χ3n) is 1.20. The van der Waals surface area contributed by atoms with Gasteiger partial charge in [-0.1, -0.05) is 13.8 Å². The van der Waals surface area contributed by atoms with Crippen molar-refractivity contribution in [2.24, 2.45) is 0 Å². The molecule has 0 amide bonds. The Morgan fingerprint density at radius 1 is 0.947 bits per heavy atom. The molecule has 120 valence electrons. The molecule has 0 bridgehead atoms. The van der Waals surface area contributed by atoms with Crippen molar-refractivity contribution in [3.63, 3.8) is 0 Å². The summed E-state index contributed by atoms with van der Waals surface area (Å²) < 4.78 is 45.7. The molecule has 0 fully saturated rings. The third kappa shape index (κ3) is 32.0. The highest BCUT2D eigenvalue weighted by atomic mass is 35.7. The summed E-state index contributed by atoms with van der Waals surface area (Å²) >= 11 is 0. The first-order chi connectivity index (χ1) is 8.60. The van der Waals surface area contributed by atoms with E-state index in [1.807, 2.05) is 0 Å². The molecule has 0 atom stereocenters. The molecule has 0 aromatic rings. The topological polar surface area (TPSA) is 97.7 Å². The fraction of sp³-hybridized carbons (Fsp3) is 1.00. The summed E-state index contributed by atoms with van der Waals surface area (Å²) in [6, 6.07) is 0. The maximum absolute atomic E-state index is 10.6. The second-order valence-corrected chi connectivity index (χ2v) is 7.88. The molecule has 0 spiro atoms. The van der Waals surface area contributed by atoms with E-state index in [1.54, 1.807) is 27.7 Å². The molecule has 0 heterocycles. The minimum absolute atomic E-state index is 0.0779. The summed E-state index contributed by atoms with van der Waals surface area (Å²) in [7, 11) is -1.58. The van der Waals surface area contributed by atoms with E-state index >= 15 is 0 Å². The van der Waals surface area contributed by atoms with Gasteiger partial charge in [0.25, 0.3) is 10.1 Å². The maximum atomic E-state index is 10.6. The summed E-state index contributed by atoms with van der Waals surface area (Å²) in [6.07, 6.45) is 1.20.